The van der Waals surface area contributed by atoms with Gasteiger partial charge < -0.3 is 5.43 Å². The van der Waals surface area contributed by atoms with E-state index in [-0.39, 0.29) is 0 Å². The number of aryl methyl sites for hydroxylation is 1. The zero-order valence-electron chi connectivity index (χ0n) is 13.1. The zero-order valence-corrected chi connectivity index (χ0v) is 14.6. The molecule has 0 bridgehead atoms. The van der Waals surface area contributed by atoms with Gasteiger partial charge in [0, 0.05) is 21.2 Å². The minimum atomic E-state index is 0.649. The van der Waals surface area contributed by atoms with Crippen molar-refractivity contribution in [3.05, 3.63) is 74.5 Å². The predicted octanol–water partition coefficient (Wildman–Crippen LogP) is 4.52. The topological polar surface area (TPSA) is 48.8 Å². The summed E-state index contributed by atoms with van der Waals surface area (Å²) in [5.74, 6) is 0.677. The summed E-state index contributed by atoms with van der Waals surface area (Å²) in [6.07, 6.45) is 0. The normalized spacial score (nSPS) is 15.7. The number of rotatable bonds is 1. The van der Waals surface area contributed by atoms with Crippen LogP contribution in [0.2, 0.25) is 10.0 Å². The third-order valence-electron chi connectivity index (χ3n) is 4.06. The first kappa shape index (κ1) is 15.2. The van der Waals surface area contributed by atoms with Crippen LogP contribution in [0.4, 0.5) is 5.69 Å². The van der Waals surface area contributed by atoms with Crippen molar-refractivity contribution in [1.29, 1.82) is 0 Å². The minimum Gasteiger partial charge on any atom is -0.302 e. The number of aliphatic imine (C=N–C) groups is 2. The summed E-state index contributed by atoms with van der Waals surface area (Å²) < 4.78 is 0. The van der Waals surface area contributed by atoms with Crippen LogP contribution in [0.15, 0.2) is 57.8 Å². The van der Waals surface area contributed by atoms with Crippen molar-refractivity contribution in [2.45, 2.75) is 13.8 Å². The number of amidine groups is 1. The number of hydrogen-bond acceptors (Lipinski definition) is 4. The van der Waals surface area contributed by atoms with Crippen molar-refractivity contribution in [3.63, 3.8) is 0 Å². The Morgan fingerprint density at radius 1 is 0.875 bits per heavy atom. The Bertz CT molecular complexity index is 957. The summed E-state index contributed by atoms with van der Waals surface area (Å²) in [5.41, 5.74) is 12.1. The highest BCUT2D eigenvalue weighted by Crippen LogP contribution is 2.34. The third-order valence-corrected chi connectivity index (χ3v) is 4.80. The molecule has 0 aromatic heterocycles. The number of hydrogen-bond donors (Lipinski definition) is 2. The molecule has 0 unspecified atom stereocenters. The Kier molecular flexibility index (Phi) is 3.59. The smallest absolute Gasteiger partial charge is 0.173 e. The Labute approximate surface area is 149 Å². The van der Waals surface area contributed by atoms with Crippen LogP contribution in [-0.2, 0) is 0 Å². The number of benzene rings is 2. The first-order chi connectivity index (χ1) is 11.5. The van der Waals surface area contributed by atoms with Gasteiger partial charge in [0.1, 0.15) is 5.70 Å². The lowest BCUT2D eigenvalue weighted by Gasteiger charge is -2.12. The van der Waals surface area contributed by atoms with Gasteiger partial charge in [0.05, 0.1) is 17.1 Å². The lowest BCUT2D eigenvalue weighted by molar-refractivity contribution is 0.799. The molecule has 0 spiro atoms. The Morgan fingerprint density at radius 3 is 2.46 bits per heavy atom. The van der Waals surface area contributed by atoms with Crippen molar-refractivity contribution in [1.82, 2.24) is 10.9 Å². The molecule has 24 heavy (non-hydrogen) atoms. The average Bonchev–Trinajstić information content (AvgIpc) is 2.81. The molecular formula is C18H14Cl2N4. The van der Waals surface area contributed by atoms with Crippen molar-refractivity contribution in [2.75, 3.05) is 0 Å². The van der Waals surface area contributed by atoms with Crippen molar-refractivity contribution in [2.24, 2.45) is 9.98 Å². The molecule has 0 aliphatic carbocycles. The van der Waals surface area contributed by atoms with E-state index < -0.39 is 0 Å². The monoisotopic (exact) mass is 356 g/mol. The van der Waals surface area contributed by atoms with E-state index in [0.717, 1.165) is 39.5 Å². The fourth-order valence-electron chi connectivity index (χ4n) is 2.77. The van der Waals surface area contributed by atoms with Crippen LogP contribution in [0.25, 0.3) is 0 Å². The second-order valence-electron chi connectivity index (χ2n) is 5.74. The first-order valence-electron chi connectivity index (χ1n) is 7.50. The van der Waals surface area contributed by atoms with E-state index in [4.69, 9.17) is 33.2 Å². The number of hydrazine groups is 1. The van der Waals surface area contributed by atoms with Gasteiger partial charge in [-0.15, -0.1) is 0 Å². The molecule has 4 nitrogen and oxygen atoms in total. The molecule has 120 valence electrons. The maximum absolute atomic E-state index is 6.44. The predicted molar refractivity (Wildman–Crippen MR) is 99.3 cm³/mol. The number of nitrogens with one attached hydrogen (secondary N) is 2. The standard InChI is InChI=1S/C18H14Cl2N4/c1-9-7-12-15(8-14(9)20)21-18-16(10(2)23-24-18)22-17(12)11-5-3-4-6-13(11)19/h3-8H,1-2H3,(H2,21,23,24). The molecule has 2 aliphatic rings. The van der Waals surface area contributed by atoms with Gasteiger partial charge in [-0.3, -0.25) is 5.43 Å². The molecule has 2 N–H and O–H groups in total. The molecule has 0 saturated carbocycles. The lowest BCUT2D eigenvalue weighted by Crippen LogP contribution is -2.27. The Hall–Kier alpha value is -2.30. The second kappa shape index (κ2) is 5.65. The van der Waals surface area contributed by atoms with Gasteiger partial charge in [-0.1, -0.05) is 41.4 Å². The van der Waals surface area contributed by atoms with Gasteiger partial charge in [0.2, 0.25) is 0 Å². The molecule has 0 amide bonds. The van der Waals surface area contributed by atoms with Crippen LogP contribution in [0.1, 0.15) is 23.6 Å². The summed E-state index contributed by atoms with van der Waals surface area (Å²) in [7, 11) is 0. The minimum absolute atomic E-state index is 0.649. The molecule has 2 heterocycles. The van der Waals surface area contributed by atoms with E-state index >= 15 is 0 Å². The van der Waals surface area contributed by atoms with E-state index in [2.05, 4.69) is 10.9 Å². The SMILES string of the molecule is CC1=C2N=C(c3ccccc3Cl)c3cc(C)c(Cl)cc3N=C2NN1. The zero-order chi connectivity index (χ0) is 16.8. The lowest BCUT2D eigenvalue weighted by atomic mass is 9.98. The summed E-state index contributed by atoms with van der Waals surface area (Å²) in [6.45, 7) is 3.92. The van der Waals surface area contributed by atoms with Crippen molar-refractivity contribution < 1.29 is 0 Å². The molecule has 0 saturated heterocycles. The second-order valence-corrected chi connectivity index (χ2v) is 6.56. The fraction of sp³-hybridized carbons (Fsp3) is 0.111. The van der Waals surface area contributed by atoms with Crippen molar-refractivity contribution in [3.8, 4) is 0 Å². The molecule has 4 rings (SSSR count). The highest BCUT2D eigenvalue weighted by Gasteiger charge is 2.25. The maximum Gasteiger partial charge on any atom is 0.173 e. The number of nitrogens with zero attached hydrogens (tertiary/aromatic N) is 2. The molecule has 2 aliphatic heterocycles. The van der Waals surface area contributed by atoms with E-state index in [9.17, 15) is 0 Å². The molecule has 0 radical (unpaired) electrons. The number of allylic oxidation sites excluding steroid dienone is 1. The van der Waals surface area contributed by atoms with Gasteiger partial charge in [0.15, 0.2) is 5.84 Å². The van der Waals surface area contributed by atoms with Gasteiger partial charge in [0.25, 0.3) is 0 Å². The average molecular weight is 357 g/mol. The van der Waals surface area contributed by atoms with Crippen LogP contribution in [-0.4, -0.2) is 11.5 Å². The van der Waals surface area contributed by atoms with E-state index in [0.29, 0.717) is 15.9 Å². The van der Waals surface area contributed by atoms with Gasteiger partial charge in [-0.05, 0) is 37.6 Å². The van der Waals surface area contributed by atoms with Gasteiger partial charge >= 0.3 is 0 Å². The van der Waals surface area contributed by atoms with Crippen LogP contribution in [0.5, 0.6) is 0 Å². The highest BCUT2D eigenvalue weighted by molar-refractivity contribution is 6.36. The number of fused-ring (bicyclic) bond motifs is 2. The van der Waals surface area contributed by atoms with Crippen LogP contribution < -0.4 is 10.9 Å². The van der Waals surface area contributed by atoms with Crippen LogP contribution in [0, 0.1) is 6.92 Å². The summed E-state index contributed by atoms with van der Waals surface area (Å²) >= 11 is 12.7. The van der Waals surface area contributed by atoms with Crippen LogP contribution >= 0.6 is 23.2 Å². The molecule has 2 aromatic rings. The largest absolute Gasteiger partial charge is 0.302 e. The van der Waals surface area contributed by atoms with Crippen LogP contribution in [0.3, 0.4) is 0 Å². The Morgan fingerprint density at radius 2 is 1.67 bits per heavy atom. The van der Waals surface area contributed by atoms with Crippen molar-refractivity contribution >= 4 is 40.4 Å². The fourth-order valence-corrected chi connectivity index (χ4v) is 3.15. The summed E-state index contributed by atoms with van der Waals surface area (Å²) in [6, 6.07) is 11.6. The number of halogens is 2. The van der Waals surface area contributed by atoms with E-state index in [1.54, 1.807) is 0 Å². The maximum atomic E-state index is 6.44. The molecule has 0 atom stereocenters. The van der Waals surface area contributed by atoms with E-state index in [1.807, 2.05) is 50.2 Å². The quantitative estimate of drug-likeness (QED) is 0.788. The van der Waals surface area contributed by atoms with E-state index in [1.165, 1.54) is 0 Å². The molecular weight excluding hydrogens is 343 g/mol. The Balaban J connectivity index is 2.06. The molecule has 0 fully saturated rings. The summed E-state index contributed by atoms with van der Waals surface area (Å²) in [4.78, 5) is 9.58. The molecule has 6 heteroatoms. The van der Waals surface area contributed by atoms with Gasteiger partial charge in [-0.2, -0.15) is 0 Å². The van der Waals surface area contributed by atoms with Gasteiger partial charge in [-0.25, -0.2) is 9.98 Å². The first-order valence-corrected chi connectivity index (χ1v) is 8.26. The highest BCUT2D eigenvalue weighted by atomic mass is 35.5. The summed E-state index contributed by atoms with van der Waals surface area (Å²) in [5, 5.41) is 1.32. The third kappa shape index (κ3) is 2.39. The molecule has 2 aromatic carbocycles.